The molecule has 0 aliphatic carbocycles. The largest absolute Gasteiger partial charge is 0.419 e. The highest BCUT2D eigenvalue weighted by Crippen LogP contribution is 2.32. The highest BCUT2D eigenvalue weighted by Gasteiger charge is 2.15. The van der Waals surface area contributed by atoms with E-state index < -0.39 is 11.9 Å². The number of thiophene rings is 1. The van der Waals surface area contributed by atoms with E-state index in [0.717, 1.165) is 8.66 Å². The van der Waals surface area contributed by atoms with Crippen LogP contribution in [0.2, 0.25) is 0 Å². The topological polar surface area (TPSA) is 55.4 Å². The van der Waals surface area contributed by atoms with Gasteiger partial charge in [-0.15, -0.1) is 11.3 Å². The van der Waals surface area contributed by atoms with Crippen molar-refractivity contribution in [3.05, 3.63) is 55.1 Å². The van der Waals surface area contributed by atoms with Crippen molar-refractivity contribution in [1.29, 1.82) is 0 Å². The average Bonchev–Trinajstić information content (AvgIpc) is 2.94. The fraction of sp³-hybridized carbons (Fsp3) is 0.154. The number of aliphatic hydroxyl groups is 1. The molecule has 4 nitrogen and oxygen atoms in total. The van der Waals surface area contributed by atoms with E-state index in [2.05, 4.69) is 15.9 Å². The first-order valence-electron chi connectivity index (χ1n) is 5.59. The molecule has 19 heavy (non-hydrogen) atoms. The SMILES string of the molecule is Cn1c(=O)oc2cc(C(O)c3ccc(Br)s3)ccc21. The number of benzene rings is 1. The van der Waals surface area contributed by atoms with Crippen LogP contribution in [-0.4, -0.2) is 9.67 Å². The summed E-state index contributed by atoms with van der Waals surface area (Å²) in [5.41, 5.74) is 1.91. The standard InChI is InChI=1S/C13H10BrNO3S/c1-15-8-3-2-7(6-9(8)18-13(15)17)12(16)10-4-5-11(14)19-10/h2-6,12,16H,1H3. The highest BCUT2D eigenvalue weighted by atomic mass is 79.9. The van der Waals surface area contributed by atoms with Gasteiger partial charge in [0.05, 0.1) is 9.30 Å². The van der Waals surface area contributed by atoms with Crippen molar-refractivity contribution in [3.8, 4) is 0 Å². The van der Waals surface area contributed by atoms with E-state index in [1.807, 2.05) is 12.1 Å². The molecule has 3 rings (SSSR count). The summed E-state index contributed by atoms with van der Waals surface area (Å²) >= 11 is 4.84. The van der Waals surface area contributed by atoms with Crippen LogP contribution in [-0.2, 0) is 7.05 Å². The zero-order valence-electron chi connectivity index (χ0n) is 9.96. The van der Waals surface area contributed by atoms with Crippen molar-refractivity contribution in [2.24, 2.45) is 7.05 Å². The van der Waals surface area contributed by atoms with E-state index in [0.29, 0.717) is 16.7 Å². The molecule has 1 N–H and O–H groups in total. The minimum absolute atomic E-state index is 0.402. The smallest absolute Gasteiger partial charge is 0.408 e. The third kappa shape index (κ3) is 2.16. The molecule has 0 bridgehead atoms. The van der Waals surface area contributed by atoms with Gasteiger partial charge in [0.25, 0.3) is 0 Å². The zero-order chi connectivity index (χ0) is 13.6. The number of fused-ring (bicyclic) bond motifs is 1. The first kappa shape index (κ1) is 12.7. The Balaban J connectivity index is 2.08. The Hall–Kier alpha value is -1.37. The van der Waals surface area contributed by atoms with Crippen molar-refractivity contribution < 1.29 is 9.52 Å². The Morgan fingerprint density at radius 3 is 2.84 bits per heavy atom. The molecule has 0 radical (unpaired) electrons. The number of rotatable bonds is 2. The minimum atomic E-state index is -0.716. The molecule has 0 saturated heterocycles. The first-order valence-corrected chi connectivity index (χ1v) is 7.20. The Morgan fingerprint density at radius 1 is 1.37 bits per heavy atom. The fourth-order valence-corrected chi connectivity index (χ4v) is 3.40. The van der Waals surface area contributed by atoms with Crippen LogP contribution in [0.1, 0.15) is 16.5 Å². The van der Waals surface area contributed by atoms with Crippen molar-refractivity contribution in [1.82, 2.24) is 4.57 Å². The van der Waals surface area contributed by atoms with Crippen molar-refractivity contribution >= 4 is 38.4 Å². The van der Waals surface area contributed by atoms with E-state index in [4.69, 9.17) is 4.42 Å². The number of halogens is 1. The molecule has 1 aromatic carbocycles. The van der Waals surface area contributed by atoms with Crippen LogP contribution in [0.4, 0.5) is 0 Å². The molecule has 1 atom stereocenters. The lowest BCUT2D eigenvalue weighted by Gasteiger charge is -2.08. The van der Waals surface area contributed by atoms with Gasteiger partial charge < -0.3 is 9.52 Å². The van der Waals surface area contributed by atoms with Crippen molar-refractivity contribution in [3.63, 3.8) is 0 Å². The molecule has 1 unspecified atom stereocenters. The second kappa shape index (κ2) is 4.63. The van der Waals surface area contributed by atoms with Crippen molar-refractivity contribution in [2.75, 3.05) is 0 Å². The van der Waals surface area contributed by atoms with Crippen LogP contribution in [0.15, 0.2) is 43.3 Å². The molecule has 0 aliphatic rings. The lowest BCUT2D eigenvalue weighted by Crippen LogP contribution is -2.08. The van der Waals surface area contributed by atoms with Crippen LogP contribution in [0, 0.1) is 0 Å². The molecule has 2 aromatic heterocycles. The van der Waals surface area contributed by atoms with Crippen molar-refractivity contribution in [2.45, 2.75) is 6.10 Å². The predicted molar refractivity (Wildman–Crippen MR) is 77.5 cm³/mol. The van der Waals surface area contributed by atoms with E-state index >= 15 is 0 Å². The third-order valence-corrected chi connectivity index (χ3v) is 4.67. The predicted octanol–water partition coefficient (Wildman–Crippen LogP) is 3.04. The molecule has 0 amide bonds. The van der Waals surface area contributed by atoms with Crippen LogP contribution in [0.5, 0.6) is 0 Å². The van der Waals surface area contributed by atoms with Gasteiger partial charge in [0.2, 0.25) is 0 Å². The maximum absolute atomic E-state index is 11.4. The van der Waals surface area contributed by atoms with E-state index in [1.54, 1.807) is 25.2 Å². The van der Waals surface area contributed by atoms with Gasteiger partial charge in [0, 0.05) is 11.9 Å². The zero-order valence-corrected chi connectivity index (χ0v) is 12.4. The number of hydrogen-bond acceptors (Lipinski definition) is 4. The lowest BCUT2D eigenvalue weighted by molar-refractivity contribution is 0.224. The van der Waals surface area contributed by atoms with Gasteiger partial charge in [-0.25, -0.2) is 4.79 Å². The number of aromatic nitrogens is 1. The van der Waals surface area contributed by atoms with Gasteiger partial charge in [0.1, 0.15) is 6.10 Å². The van der Waals surface area contributed by atoms with E-state index in [-0.39, 0.29) is 0 Å². The maximum Gasteiger partial charge on any atom is 0.419 e. The van der Waals surface area contributed by atoms with Gasteiger partial charge >= 0.3 is 5.76 Å². The fourth-order valence-electron chi connectivity index (χ4n) is 1.96. The summed E-state index contributed by atoms with van der Waals surface area (Å²) in [4.78, 5) is 12.3. The Bertz CT molecular complexity index is 802. The minimum Gasteiger partial charge on any atom is -0.408 e. The Kier molecular flexibility index (Phi) is 3.08. The summed E-state index contributed by atoms with van der Waals surface area (Å²) in [6.45, 7) is 0. The highest BCUT2D eigenvalue weighted by molar-refractivity contribution is 9.11. The summed E-state index contributed by atoms with van der Waals surface area (Å²) in [5.74, 6) is -0.402. The summed E-state index contributed by atoms with van der Waals surface area (Å²) in [6, 6.07) is 9.04. The van der Waals surface area contributed by atoms with Gasteiger partial charge in [-0.1, -0.05) is 6.07 Å². The molecule has 0 aliphatic heterocycles. The summed E-state index contributed by atoms with van der Waals surface area (Å²) in [5, 5.41) is 10.3. The number of nitrogens with zero attached hydrogens (tertiary/aromatic N) is 1. The van der Waals surface area contributed by atoms with Gasteiger partial charge in [0.15, 0.2) is 5.58 Å². The molecule has 3 aromatic rings. The number of hydrogen-bond donors (Lipinski definition) is 1. The lowest BCUT2D eigenvalue weighted by atomic mass is 10.1. The molecular formula is C13H10BrNO3S. The molecule has 0 fully saturated rings. The van der Waals surface area contributed by atoms with Gasteiger partial charge in [-0.2, -0.15) is 0 Å². The molecule has 0 spiro atoms. The quantitative estimate of drug-likeness (QED) is 0.780. The summed E-state index contributed by atoms with van der Waals surface area (Å²) in [6.07, 6.45) is -0.716. The second-order valence-corrected chi connectivity index (χ2v) is 6.69. The maximum atomic E-state index is 11.4. The number of aliphatic hydroxyl groups excluding tert-OH is 1. The van der Waals surface area contributed by atoms with E-state index in [9.17, 15) is 9.90 Å². The Morgan fingerprint density at radius 2 is 2.16 bits per heavy atom. The summed E-state index contributed by atoms with van der Waals surface area (Å²) < 4.78 is 7.53. The summed E-state index contributed by atoms with van der Waals surface area (Å²) in [7, 11) is 1.65. The van der Waals surface area contributed by atoms with Crippen LogP contribution >= 0.6 is 27.3 Å². The normalized spacial score (nSPS) is 13.0. The van der Waals surface area contributed by atoms with Crippen LogP contribution in [0.3, 0.4) is 0 Å². The Labute approximate surface area is 121 Å². The average molecular weight is 340 g/mol. The number of oxazole rings is 1. The molecule has 6 heteroatoms. The molecule has 2 heterocycles. The second-order valence-electron chi connectivity index (χ2n) is 4.20. The molecule has 0 saturated carbocycles. The van der Waals surface area contributed by atoms with Gasteiger partial charge in [-0.3, -0.25) is 4.57 Å². The third-order valence-electron chi connectivity index (χ3n) is 3.00. The van der Waals surface area contributed by atoms with Crippen LogP contribution < -0.4 is 5.76 Å². The molecular weight excluding hydrogens is 330 g/mol. The number of aryl methyl sites for hydroxylation is 1. The van der Waals surface area contributed by atoms with E-state index in [1.165, 1.54) is 15.9 Å². The monoisotopic (exact) mass is 339 g/mol. The van der Waals surface area contributed by atoms with Crippen LogP contribution in [0.25, 0.3) is 11.1 Å². The first-order chi connectivity index (χ1) is 9.06. The van der Waals surface area contributed by atoms with Gasteiger partial charge in [-0.05, 0) is 45.8 Å². The molecule has 98 valence electrons.